The van der Waals surface area contributed by atoms with Crippen LogP contribution >= 0.6 is 11.6 Å². The highest BCUT2D eigenvalue weighted by Crippen LogP contribution is 2.36. The fourth-order valence-corrected chi connectivity index (χ4v) is 2.54. The molecule has 0 spiro atoms. The van der Waals surface area contributed by atoms with Gasteiger partial charge in [0.25, 0.3) is 0 Å². The third kappa shape index (κ3) is 2.78. The molecular weight excluding hydrogens is 290 g/mol. The maximum Gasteiger partial charge on any atom is 0.340 e. The number of halogens is 1. The molecule has 3 rings (SSSR count). The first-order valence-electron chi connectivity index (χ1n) is 6.90. The Kier molecular flexibility index (Phi) is 3.68. The van der Waals surface area contributed by atoms with Crippen molar-refractivity contribution in [3.8, 4) is 0 Å². The van der Waals surface area contributed by atoms with Gasteiger partial charge in [-0.05, 0) is 38.3 Å². The van der Waals surface area contributed by atoms with Gasteiger partial charge in [-0.25, -0.2) is 4.79 Å². The standard InChI is InChI=1S/C15H16ClN3O2/c1-9-4-3-5-12(14(9)16)15(20)21-8-13-18-17-10(2)19(13)11-6-7-11/h3-5,11H,6-8H2,1-2H3. The molecule has 0 bridgehead atoms. The first-order valence-corrected chi connectivity index (χ1v) is 7.28. The molecule has 6 heteroatoms. The Morgan fingerprint density at radius 2 is 2.14 bits per heavy atom. The minimum Gasteiger partial charge on any atom is -0.454 e. The molecule has 1 saturated carbocycles. The molecule has 1 aromatic heterocycles. The molecule has 1 aliphatic rings. The van der Waals surface area contributed by atoms with Gasteiger partial charge in [-0.1, -0.05) is 23.7 Å². The molecule has 0 saturated heterocycles. The largest absolute Gasteiger partial charge is 0.454 e. The zero-order chi connectivity index (χ0) is 15.0. The molecule has 1 fully saturated rings. The Hall–Kier alpha value is -1.88. The zero-order valence-electron chi connectivity index (χ0n) is 12.0. The number of esters is 1. The molecule has 21 heavy (non-hydrogen) atoms. The average Bonchev–Trinajstić information content (AvgIpc) is 3.23. The van der Waals surface area contributed by atoms with Gasteiger partial charge >= 0.3 is 5.97 Å². The Bertz CT molecular complexity index is 692. The number of carbonyl (C=O) groups is 1. The van der Waals surface area contributed by atoms with E-state index < -0.39 is 5.97 Å². The number of nitrogens with zero attached hydrogens (tertiary/aromatic N) is 3. The van der Waals surface area contributed by atoms with Gasteiger partial charge in [0.05, 0.1) is 10.6 Å². The maximum absolute atomic E-state index is 12.1. The number of ether oxygens (including phenoxy) is 1. The second kappa shape index (κ2) is 5.48. The van der Waals surface area contributed by atoms with E-state index in [0.29, 0.717) is 22.5 Å². The van der Waals surface area contributed by atoms with Crippen molar-refractivity contribution in [2.75, 3.05) is 0 Å². The predicted octanol–water partition coefficient (Wildman–Crippen LogP) is 3.24. The van der Waals surface area contributed by atoms with Gasteiger partial charge in [-0.15, -0.1) is 10.2 Å². The first kappa shape index (κ1) is 14.1. The van der Waals surface area contributed by atoms with Gasteiger partial charge in [0.1, 0.15) is 5.82 Å². The molecule has 0 amide bonds. The lowest BCUT2D eigenvalue weighted by Gasteiger charge is -2.09. The fraction of sp³-hybridized carbons (Fsp3) is 0.400. The molecule has 0 aliphatic heterocycles. The summed E-state index contributed by atoms with van der Waals surface area (Å²) in [4.78, 5) is 12.1. The number of hydrogen-bond acceptors (Lipinski definition) is 4. The molecule has 0 unspecified atom stereocenters. The van der Waals surface area contributed by atoms with Crippen molar-refractivity contribution in [2.24, 2.45) is 0 Å². The van der Waals surface area contributed by atoms with E-state index in [9.17, 15) is 4.79 Å². The Balaban J connectivity index is 1.73. The van der Waals surface area contributed by atoms with Crippen LogP contribution in [-0.4, -0.2) is 20.7 Å². The molecule has 1 aromatic carbocycles. The molecule has 0 radical (unpaired) electrons. The number of aromatic nitrogens is 3. The van der Waals surface area contributed by atoms with Gasteiger partial charge in [0, 0.05) is 6.04 Å². The zero-order valence-corrected chi connectivity index (χ0v) is 12.7. The van der Waals surface area contributed by atoms with E-state index in [2.05, 4.69) is 10.2 Å². The van der Waals surface area contributed by atoms with Crippen LogP contribution in [0.3, 0.4) is 0 Å². The van der Waals surface area contributed by atoms with Crippen LogP contribution in [-0.2, 0) is 11.3 Å². The molecular formula is C15H16ClN3O2. The van der Waals surface area contributed by atoms with E-state index in [1.165, 1.54) is 0 Å². The van der Waals surface area contributed by atoms with E-state index in [1.807, 2.05) is 24.5 Å². The van der Waals surface area contributed by atoms with E-state index in [-0.39, 0.29) is 6.61 Å². The monoisotopic (exact) mass is 305 g/mol. The van der Waals surface area contributed by atoms with Gasteiger partial charge in [0.15, 0.2) is 12.4 Å². The predicted molar refractivity (Wildman–Crippen MR) is 78.3 cm³/mol. The highest BCUT2D eigenvalue weighted by atomic mass is 35.5. The van der Waals surface area contributed by atoms with Crippen LogP contribution in [0.15, 0.2) is 18.2 Å². The van der Waals surface area contributed by atoms with Crippen molar-refractivity contribution in [1.82, 2.24) is 14.8 Å². The number of carbonyl (C=O) groups excluding carboxylic acids is 1. The third-order valence-electron chi connectivity index (χ3n) is 3.59. The minimum atomic E-state index is -0.438. The highest BCUT2D eigenvalue weighted by molar-refractivity contribution is 6.34. The summed E-state index contributed by atoms with van der Waals surface area (Å²) in [7, 11) is 0. The topological polar surface area (TPSA) is 57.0 Å². The van der Waals surface area contributed by atoms with Gasteiger partial charge < -0.3 is 9.30 Å². The van der Waals surface area contributed by atoms with Crippen molar-refractivity contribution >= 4 is 17.6 Å². The normalized spacial score (nSPS) is 14.2. The van der Waals surface area contributed by atoms with E-state index in [1.54, 1.807) is 12.1 Å². The number of hydrogen-bond donors (Lipinski definition) is 0. The van der Waals surface area contributed by atoms with E-state index in [0.717, 1.165) is 24.2 Å². The van der Waals surface area contributed by atoms with Crippen LogP contribution in [0.1, 0.15) is 46.5 Å². The van der Waals surface area contributed by atoms with Crippen LogP contribution in [0.2, 0.25) is 5.02 Å². The summed E-state index contributed by atoms with van der Waals surface area (Å²) in [5, 5.41) is 8.57. The van der Waals surface area contributed by atoms with Crippen LogP contribution < -0.4 is 0 Å². The van der Waals surface area contributed by atoms with Crippen molar-refractivity contribution in [1.29, 1.82) is 0 Å². The number of aryl methyl sites for hydroxylation is 2. The Morgan fingerprint density at radius 1 is 1.38 bits per heavy atom. The SMILES string of the molecule is Cc1cccc(C(=O)OCc2nnc(C)n2C2CC2)c1Cl. The van der Waals surface area contributed by atoms with Gasteiger partial charge in [-0.2, -0.15) is 0 Å². The summed E-state index contributed by atoms with van der Waals surface area (Å²) in [5.41, 5.74) is 1.23. The molecule has 2 aromatic rings. The fourth-order valence-electron chi connectivity index (χ4n) is 2.33. The van der Waals surface area contributed by atoms with Crippen LogP contribution in [0.25, 0.3) is 0 Å². The molecule has 110 valence electrons. The Morgan fingerprint density at radius 3 is 2.86 bits per heavy atom. The van der Waals surface area contributed by atoms with Crippen molar-refractivity contribution in [3.05, 3.63) is 46.0 Å². The smallest absolute Gasteiger partial charge is 0.340 e. The molecule has 0 atom stereocenters. The second-order valence-corrected chi connectivity index (χ2v) is 5.66. The summed E-state index contributed by atoms with van der Waals surface area (Å²) >= 11 is 6.13. The maximum atomic E-state index is 12.1. The van der Waals surface area contributed by atoms with Crippen molar-refractivity contribution in [2.45, 2.75) is 39.3 Å². The summed E-state index contributed by atoms with van der Waals surface area (Å²) < 4.78 is 7.38. The second-order valence-electron chi connectivity index (χ2n) is 5.28. The number of rotatable bonds is 4. The number of benzene rings is 1. The van der Waals surface area contributed by atoms with Crippen LogP contribution in [0.4, 0.5) is 0 Å². The average molecular weight is 306 g/mol. The van der Waals surface area contributed by atoms with E-state index >= 15 is 0 Å². The molecule has 1 aliphatic carbocycles. The lowest BCUT2D eigenvalue weighted by atomic mass is 10.1. The quantitative estimate of drug-likeness (QED) is 0.814. The summed E-state index contributed by atoms with van der Waals surface area (Å²) in [5.74, 6) is 1.11. The minimum absolute atomic E-state index is 0.112. The molecule has 1 heterocycles. The van der Waals surface area contributed by atoms with Crippen molar-refractivity contribution in [3.63, 3.8) is 0 Å². The van der Waals surface area contributed by atoms with Crippen molar-refractivity contribution < 1.29 is 9.53 Å². The van der Waals surface area contributed by atoms with E-state index in [4.69, 9.17) is 16.3 Å². The molecule has 0 N–H and O–H groups in total. The lowest BCUT2D eigenvalue weighted by molar-refractivity contribution is 0.0457. The Labute approximate surface area is 127 Å². The summed E-state index contributed by atoms with van der Waals surface area (Å²) in [6, 6.07) is 5.76. The lowest BCUT2D eigenvalue weighted by Crippen LogP contribution is -2.11. The van der Waals surface area contributed by atoms with Gasteiger partial charge in [-0.3, -0.25) is 0 Å². The van der Waals surface area contributed by atoms with Crippen LogP contribution in [0, 0.1) is 13.8 Å². The highest BCUT2D eigenvalue weighted by Gasteiger charge is 2.28. The third-order valence-corrected chi connectivity index (χ3v) is 4.09. The van der Waals surface area contributed by atoms with Gasteiger partial charge in [0.2, 0.25) is 0 Å². The summed E-state index contributed by atoms with van der Waals surface area (Å²) in [6.45, 7) is 3.88. The van der Waals surface area contributed by atoms with Crippen LogP contribution in [0.5, 0.6) is 0 Å². The first-order chi connectivity index (χ1) is 10.1. The summed E-state index contributed by atoms with van der Waals surface area (Å²) in [6.07, 6.45) is 2.26. The molecule has 5 nitrogen and oxygen atoms in total.